The van der Waals surface area contributed by atoms with Crippen molar-refractivity contribution in [3.8, 4) is 0 Å². The molecule has 18 heavy (non-hydrogen) atoms. The van der Waals surface area contributed by atoms with Gasteiger partial charge in [-0.3, -0.25) is 14.5 Å². The Labute approximate surface area is 108 Å². The number of carbonyl (C=O) groups is 2. The normalized spacial score (nSPS) is 17.0. The average Bonchev–Trinajstić information content (AvgIpc) is 2.55. The van der Waals surface area contributed by atoms with E-state index in [0.717, 1.165) is 32.6 Å². The van der Waals surface area contributed by atoms with Crippen LogP contribution in [0.15, 0.2) is 0 Å². The second-order valence-electron chi connectivity index (χ2n) is 4.95. The van der Waals surface area contributed by atoms with E-state index in [4.69, 9.17) is 5.73 Å². The van der Waals surface area contributed by atoms with Gasteiger partial charge < -0.3 is 16.0 Å². The van der Waals surface area contributed by atoms with Crippen molar-refractivity contribution in [2.24, 2.45) is 5.73 Å². The van der Waals surface area contributed by atoms with Gasteiger partial charge in [0.05, 0.1) is 13.1 Å². The molecular weight excluding hydrogens is 232 g/mol. The maximum absolute atomic E-state index is 12.2. The van der Waals surface area contributed by atoms with Crippen LogP contribution in [0.1, 0.15) is 20.3 Å². The molecule has 0 bridgehead atoms. The summed E-state index contributed by atoms with van der Waals surface area (Å²) in [7, 11) is 0. The number of carbonyl (C=O) groups excluding carboxylic acids is 2. The zero-order chi connectivity index (χ0) is 13.5. The predicted molar refractivity (Wildman–Crippen MR) is 70.0 cm³/mol. The fourth-order valence-electron chi connectivity index (χ4n) is 1.99. The zero-order valence-corrected chi connectivity index (χ0v) is 11.3. The Morgan fingerprint density at radius 3 is 2.61 bits per heavy atom. The molecule has 104 valence electrons. The van der Waals surface area contributed by atoms with E-state index in [9.17, 15) is 9.59 Å². The van der Waals surface area contributed by atoms with Crippen LogP contribution in [0.5, 0.6) is 0 Å². The van der Waals surface area contributed by atoms with Crippen LogP contribution in [-0.4, -0.2) is 66.9 Å². The van der Waals surface area contributed by atoms with Gasteiger partial charge in [0, 0.05) is 25.7 Å². The van der Waals surface area contributed by atoms with Gasteiger partial charge in [0.1, 0.15) is 0 Å². The van der Waals surface area contributed by atoms with E-state index in [-0.39, 0.29) is 25.0 Å². The highest BCUT2D eigenvalue weighted by Gasteiger charge is 2.21. The van der Waals surface area contributed by atoms with Crippen molar-refractivity contribution in [3.05, 3.63) is 0 Å². The topological polar surface area (TPSA) is 78.7 Å². The highest BCUT2D eigenvalue weighted by atomic mass is 16.2. The summed E-state index contributed by atoms with van der Waals surface area (Å²) in [5, 5.41) is 3.26. The van der Waals surface area contributed by atoms with Crippen molar-refractivity contribution in [3.63, 3.8) is 0 Å². The van der Waals surface area contributed by atoms with Crippen LogP contribution < -0.4 is 11.1 Å². The number of nitrogens with one attached hydrogen (secondary N) is 1. The van der Waals surface area contributed by atoms with Crippen LogP contribution in [0.3, 0.4) is 0 Å². The van der Waals surface area contributed by atoms with Crippen molar-refractivity contribution >= 4 is 11.8 Å². The van der Waals surface area contributed by atoms with Gasteiger partial charge in [0.15, 0.2) is 0 Å². The van der Waals surface area contributed by atoms with E-state index >= 15 is 0 Å². The van der Waals surface area contributed by atoms with E-state index in [0.29, 0.717) is 0 Å². The third kappa shape index (κ3) is 5.01. The van der Waals surface area contributed by atoms with Crippen molar-refractivity contribution in [2.45, 2.75) is 26.3 Å². The summed E-state index contributed by atoms with van der Waals surface area (Å²) >= 11 is 0. The van der Waals surface area contributed by atoms with Crippen molar-refractivity contribution < 1.29 is 9.59 Å². The Hall–Kier alpha value is -1.14. The van der Waals surface area contributed by atoms with Crippen LogP contribution in [0, 0.1) is 0 Å². The SMILES string of the molecule is CC(C)N(CC(N)=O)CC(=O)N1CCCNCC1. The van der Waals surface area contributed by atoms with Gasteiger partial charge in [-0.05, 0) is 26.8 Å². The molecular formula is C12H24N4O2. The molecule has 0 aromatic heterocycles. The highest BCUT2D eigenvalue weighted by Crippen LogP contribution is 2.02. The van der Waals surface area contributed by atoms with Crippen molar-refractivity contribution in [1.29, 1.82) is 0 Å². The lowest BCUT2D eigenvalue weighted by Crippen LogP contribution is -2.46. The summed E-state index contributed by atoms with van der Waals surface area (Å²) < 4.78 is 0. The van der Waals surface area contributed by atoms with Gasteiger partial charge in [-0.1, -0.05) is 0 Å². The first-order valence-corrected chi connectivity index (χ1v) is 6.51. The maximum Gasteiger partial charge on any atom is 0.236 e. The first kappa shape index (κ1) is 14.9. The molecule has 1 saturated heterocycles. The summed E-state index contributed by atoms with van der Waals surface area (Å²) in [5.74, 6) is -0.317. The van der Waals surface area contributed by atoms with Gasteiger partial charge in [-0.25, -0.2) is 0 Å². The average molecular weight is 256 g/mol. The van der Waals surface area contributed by atoms with E-state index < -0.39 is 5.91 Å². The lowest BCUT2D eigenvalue weighted by Gasteiger charge is -2.28. The summed E-state index contributed by atoms with van der Waals surface area (Å²) in [6, 6.07) is 0.131. The second kappa shape index (κ2) is 7.33. The molecule has 0 radical (unpaired) electrons. The molecule has 1 aliphatic heterocycles. The molecule has 0 aromatic rings. The molecule has 1 heterocycles. The standard InChI is InChI=1S/C12H24N4O2/c1-10(2)16(8-11(13)17)9-12(18)15-6-3-4-14-5-7-15/h10,14H,3-9H2,1-2H3,(H2,13,17). The van der Waals surface area contributed by atoms with Crippen LogP contribution in [0.2, 0.25) is 0 Å². The third-order valence-electron chi connectivity index (χ3n) is 3.12. The Bertz CT molecular complexity index is 286. The van der Waals surface area contributed by atoms with Crippen LogP contribution in [0.4, 0.5) is 0 Å². The minimum Gasteiger partial charge on any atom is -0.369 e. The summed E-state index contributed by atoms with van der Waals surface area (Å²) in [4.78, 5) is 26.8. The van der Waals surface area contributed by atoms with E-state index in [1.165, 1.54) is 0 Å². The fraction of sp³-hybridized carbons (Fsp3) is 0.833. The molecule has 0 aromatic carbocycles. The number of hydrogen-bond donors (Lipinski definition) is 2. The van der Waals surface area contributed by atoms with Crippen molar-refractivity contribution in [2.75, 3.05) is 39.3 Å². The van der Waals surface area contributed by atoms with Gasteiger partial charge in [-0.2, -0.15) is 0 Å². The molecule has 0 unspecified atom stereocenters. The molecule has 1 rings (SSSR count). The Morgan fingerprint density at radius 2 is 2.00 bits per heavy atom. The molecule has 1 aliphatic rings. The number of nitrogens with two attached hydrogens (primary N) is 1. The summed E-state index contributed by atoms with van der Waals surface area (Å²) in [6.07, 6.45) is 0.975. The van der Waals surface area contributed by atoms with Gasteiger partial charge >= 0.3 is 0 Å². The van der Waals surface area contributed by atoms with E-state index in [2.05, 4.69) is 5.32 Å². The smallest absolute Gasteiger partial charge is 0.236 e. The number of amides is 2. The number of primary amides is 1. The Morgan fingerprint density at radius 1 is 1.28 bits per heavy atom. The lowest BCUT2D eigenvalue weighted by atomic mass is 10.3. The van der Waals surface area contributed by atoms with Gasteiger partial charge in [0.25, 0.3) is 0 Å². The summed E-state index contributed by atoms with van der Waals surface area (Å²) in [6.45, 7) is 7.63. The molecule has 0 saturated carbocycles. The number of nitrogens with zero attached hydrogens (tertiary/aromatic N) is 2. The molecule has 2 amide bonds. The Balaban J connectivity index is 2.51. The number of rotatable bonds is 5. The highest BCUT2D eigenvalue weighted by molar-refractivity contribution is 5.80. The Kier molecular flexibility index (Phi) is 6.07. The maximum atomic E-state index is 12.2. The molecule has 6 heteroatoms. The first-order chi connectivity index (χ1) is 8.50. The monoisotopic (exact) mass is 256 g/mol. The second-order valence-corrected chi connectivity index (χ2v) is 4.95. The van der Waals surface area contributed by atoms with Crippen LogP contribution in [0.25, 0.3) is 0 Å². The largest absolute Gasteiger partial charge is 0.369 e. The van der Waals surface area contributed by atoms with Crippen LogP contribution in [-0.2, 0) is 9.59 Å². The molecule has 6 nitrogen and oxygen atoms in total. The van der Waals surface area contributed by atoms with E-state index in [1.54, 1.807) is 0 Å². The zero-order valence-electron chi connectivity index (χ0n) is 11.3. The molecule has 1 fully saturated rings. The van der Waals surface area contributed by atoms with Crippen LogP contribution >= 0.6 is 0 Å². The summed E-state index contributed by atoms with van der Waals surface area (Å²) in [5.41, 5.74) is 5.19. The minimum atomic E-state index is -0.394. The molecule has 0 aliphatic carbocycles. The molecule has 3 N–H and O–H groups in total. The minimum absolute atomic E-state index is 0.0775. The quantitative estimate of drug-likeness (QED) is 0.661. The predicted octanol–water partition coefficient (Wildman–Crippen LogP) is -0.996. The van der Waals surface area contributed by atoms with Gasteiger partial charge in [-0.15, -0.1) is 0 Å². The fourth-order valence-corrected chi connectivity index (χ4v) is 1.99. The third-order valence-corrected chi connectivity index (χ3v) is 3.12. The molecule has 0 atom stereocenters. The lowest BCUT2D eigenvalue weighted by molar-refractivity contribution is -0.133. The van der Waals surface area contributed by atoms with E-state index in [1.807, 2.05) is 23.6 Å². The van der Waals surface area contributed by atoms with Gasteiger partial charge in [0.2, 0.25) is 11.8 Å². The first-order valence-electron chi connectivity index (χ1n) is 6.51. The van der Waals surface area contributed by atoms with Crippen molar-refractivity contribution in [1.82, 2.24) is 15.1 Å². The molecule has 0 spiro atoms. The number of hydrogen-bond acceptors (Lipinski definition) is 4.